The molecule has 4 rings (SSSR count). The number of hydrogen-bond acceptors (Lipinski definition) is 4. The van der Waals surface area contributed by atoms with Crippen LogP contribution in [0, 0.1) is 0 Å². The minimum Gasteiger partial charge on any atom is -0.477 e. The van der Waals surface area contributed by atoms with Crippen molar-refractivity contribution in [3.63, 3.8) is 0 Å². The van der Waals surface area contributed by atoms with Crippen LogP contribution in [-0.4, -0.2) is 57.5 Å². The highest BCUT2D eigenvalue weighted by Crippen LogP contribution is 2.33. The summed E-state index contributed by atoms with van der Waals surface area (Å²) in [5.41, 5.74) is 4.37. The lowest BCUT2D eigenvalue weighted by atomic mass is 10.0. The van der Waals surface area contributed by atoms with Gasteiger partial charge in [-0.15, -0.1) is 0 Å². The van der Waals surface area contributed by atoms with E-state index in [1.807, 2.05) is 18.2 Å². The average molecular weight is 387 g/mol. The van der Waals surface area contributed by atoms with E-state index >= 15 is 0 Å². The van der Waals surface area contributed by atoms with Gasteiger partial charge in [0.1, 0.15) is 11.4 Å². The van der Waals surface area contributed by atoms with Gasteiger partial charge in [-0.25, -0.2) is 4.79 Å². The Morgan fingerprint density at radius 1 is 1.22 bits per heavy atom. The molecule has 0 aliphatic carbocycles. The Morgan fingerprint density at radius 3 is 2.74 bits per heavy atom. The second-order valence-corrected chi connectivity index (χ2v) is 6.86. The third-order valence-electron chi connectivity index (χ3n) is 4.69. The molecule has 1 aliphatic rings. The number of ether oxygens (including phenoxy) is 1. The summed E-state index contributed by atoms with van der Waals surface area (Å²) >= 11 is 6.54. The van der Waals surface area contributed by atoms with Gasteiger partial charge in [0.15, 0.2) is 0 Å². The molecular formula is C19H19ClN4O3. The molecule has 0 amide bonds. The van der Waals surface area contributed by atoms with Crippen molar-refractivity contribution in [2.75, 3.05) is 26.3 Å². The van der Waals surface area contributed by atoms with Crippen LogP contribution < -0.4 is 0 Å². The fourth-order valence-electron chi connectivity index (χ4n) is 3.23. The summed E-state index contributed by atoms with van der Waals surface area (Å²) in [5, 5.41) is 16.9. The van der Waals surface area contributed by atoms with Gasteiger partial charge in [-0.3, -0.25) is 10.00 Å². The molecule has 3 N–H and O–H groups in total. The minimum absolute atomic E-state index is 0.123. The van der Waals surface area contributed by atoms with E-state index in [2.05, 4.69) is 20.1 Å². The van der Waals surface area contributed by atoms with Crippen molar-refractivity contribution in [1.29, 1.82) is 0 Å². The molecule has 3 heterocycles. The molecule has 1 aliphatic heterocycles. The maximum atomic E-state index is 11.1. The van der Waals surface area contributed by atoms with Crippen LogP contribution in [0.1, 0.15) is 16.1 Å². The molecular weight excluding hydrogens is 368 g/mol. The van der Waals surface area contributed by atoms with Crippen LogP contribution >= 0.6 is 11.6 Å². The van der Waals surface area contributed by atoms with E-state index in [9.17, 15) is 4.79 Å². The number of aromatic amines is 2. The van der Waals surface area contributed by atoms with Crippen LogP contribution in [0.2, 0.25) is 5.02 Å². The van der Waals surface area contributed by atoms with Gasteiger partial charge in [0.25, 0.3) is 0 Å². The van der Waals surface area contributed by atoms with Crippen molar-refractivity contribution in [3.05, 3.63) is 52.9 Å². The second kappa shape index (κ2) is 7.56. The largest absolute Gasteiger partial charge is 0.477 e. The monoisotopic (exact) mass is 386 g/mol. The molecule has 0 spiro atoms. The fourth-order valence-corrected chi connectivity index (χ4v) is 3.47. The standard InChI is InChI=1S/C19H19ClN4O3/c20-16-7-12(1-2-13(16)11-24-3-5-27-6-4-24)15-10-22-23-18(15)14-8-17(19(25)26)21-9-14/h1-2,7-10,21H,3-6,11H2,(H,22,23)(H,25,26). The van der Waals surface area contributed by atoms with Crippen molar-refractivity contribution < 1.29 is 14.6 Å². The smallest absolute Gasteiger partial charge is 0.352 e. The molecule has 0 unspecified atom stereocenters. The Balaban J connectivity index is 1.59. The first-order chi connectivity index (χ1) is 13.1. The first-order valence-electron chi connectivity index (χ1n) is 8.66. The molecule has 27 heavy (non-hydrogen) atoms. The number of morpholine rings is 1. The number of nitrogens with zero attached hydrogens (tertiary/aromatic N) is 2. The van der Waals surface area contributed by atoms with Crippen LogP contribution in [-0.2, 0) is 11.3 Å². The van der Waals surface area contributed by atoms with Gasteiger partial charge >= 0.3 is 5.97 Å². The van der Waals surface area contributed by atoms with Gasteiger partial charge in [-0.2, -0.15) is 5.10 Å². The number of carbonyl (C=O) groups is 1. The topological polar surface area (TPSA) is 94.2 Å². The summed E-state index contributed by atoms with van der Waals surface area (Å²) in [6.45, 7) is 4.11. The first-order valence-corrected chi connectivity index (χ1v) is 9.04. The lowest BCUT2D eigenvalue weighted by molar-refractivity contribution is 0.0342. The fraction of sp³-hybridized carbons (Fsp3) is 0.263. The number of carboxylic acid groups (broad SMARTS) is 1. The SMILES string of the molecule is O=C(O)c1cc(-c2n[nH]cc2-c2ccc(CN3CCOCC3)c(Cl)c2)c[nH]1. The Morgan fingerprint density at radius 2 is 2.04 bits per heavy atom. The summed E-state index contributed by atoms with van der Waals surface area (Å²) in [6, 6.07) is 7.54. The predicted octanol–water partition coefficient (Wildman–Crippen LogP) is 3.26. The summed E-state index contributed by atoms with van der Waals surface area (Å²) in [6.07, 6.45) is 3.42. The van der Waals surface area contributed by atoms with Crippen LogP contribution in [0.4, 0.5) is 0 Å². The Bertz CT molecular complexity index is 960. The highest BCUT2D eigenvalue weighted by atomic mass is 35.5. The number of rotatable bonds is 5. The highest BCUT2D eigenvalue weighted by Gasteiger charge is 2.17. The molecule has 0 saturated carbocycles. The molecule has 1 aromatic carbocycles. The van der Waals surface area contributed by atoms with Crippen molar-refractivity contribution in [2.45, 2.75) is 6.54 Å². The summed E-state index contributed by atoms with van der Waals surface area (Å²) in [4.78, 5) is 16.2. The maximum Gasteiger partial charge on any atom is 0.352 e. The lowest BCUT2D eigenvalue weighted by Crippen LogP contribution is -2.35. The number of hydrogen-bond donors (Lipinski definition) is 3. The van der Waals surface area contributed by atoms with Crippen molar-refractivity contribution >= 4 is 17.6 Å². The summed E-state index contributed by atoms with van der Waals surface area (Å²) < 4.78 is 5.38. The average Bonchev–Trinajstić information content (AvgIpc) is 3.33. The molecule has 0 bridgehead atoms. The van der Waals surface area contributed by atoms with Gasteiger partial charge in [0.05, 0.1) is 13.2 Å². The van der Waals surface area contributed by atoms with Crippen molar-refractivity contribution in [3.8, 4) is 22.4 Å². The number of benzene rings is 1. The number of nitrogens with one attached hydrogen (secondary N) is 2. The van der Waals surface area contributed by atoms with E-state index in [1.54, 1.807) is 18.5 Å². The summed E-state index contributed by atoms with van der Waals surface area (Å²) in [7, 11) is 0. The van der Waals surface area contributed by atoms with E-state index in [1.165, 1.54) is 0 Å². The van der Waals surface area contributed by atoms with Gasteiger partial charge in [-0.1, -0.05) is 23.7 Å². The molecule has 0 radical (unpaired) electrons. The van der Waals surface area contributed by atoms with E-state index < -0.39 is 5.97 Å². The van der Waals surface area contributed by atoms with Crippen LogP contribution in [0.25, 0.3) is 22.4 Å². The summed E-state index contributed by atoms with van der Waals surface area (Å²) in [5.74, 6) is -1.01. The Kier molecular flexibility index (Phi) is 4.98. The van der Waals surface area contributed by atoms with Gasteiger partial charge in [0.2, 0.25) is 0 Å². The quantitative estimate of drug-likeness (QED) is 0.625. The zero-order valence-electron chi connectivity index (χ0n) is 14.5. The normalized spacial score (nSPS) is 15.1. The van der Waals surface area contributed by atoms with Crippen LogP contribution in [0.3, 0.4) is 0 Å². The number of halogens is 1. The Hall–Kier alpha value is -2.61. The third kappa shape index (κ3) is 3.75. The molecule has 140 valence electrons. The highest BCUT2D eigenvalue weighted by molar-refractivity contribution is 6.31. The molecule has 3 aromatic rings. The van der Waals surface area contributed by atoms with Crippen LogP contribution in [0.5, 0.6) is 0 Å². The van der Waals surface area contributed by atoms with Gasteiger partial charge < -0.3 is 14.8 Å². The molecule has 0 atom stereocenters. The van der Waals surface area contributed by atoms with Crippen LogP contribution in [0.15, 0.2) is 36.7 Å². The molecule has 1 fully saturated rings. The van der Waals surface area contributed by atoms with Gasteiger partial charge in [-0.05, 0) is 23.3 Å². The second-order valence-electron chi connectivity index (χ2n) is 6.45. The molecule has 8 heteroatoms. The zero-order valence-corrected chi connectivity index (χ0v) is 15.3. The minimum atomic E-state index is -1.01. The Labute approximate surface area is 160 Å². The maximum absolute atomic E-state index is 11.1. The van der Waals surface area contributed by atoms with Crippen molar-refractivity contribution in [2.24, 2.45) is 0 Å². The van der Waals surface area contributed by atoms with E-state index in [0.717, 1.165) is 49.5 Å². The van der Waals surface area contributed by atoms with Crippen molar-refractivity contribution in [1.82, 2.24) is 20.1 Å². The first kappa shape index (κ1) is 17.8. The predicted molar refractivity (Wildman–Crippen MR) is 102 cm³/mol. The zero-order chi connectivity index (χ0) is 18.8. The lowest BCUT2D eigenvalue weighted by Gasteiger charge is -2.27. The van der Waals surface area contributed by atoms with E-state index in [0.29, 0.717) is 16.3 Å². The number of H-pyrrole nitrogens is 2. The third-order valence-corrected chi connectivity index (χ3v) is 5.04. The van der Waals surface area contributed by atoms with E-state index in [-0.39, 0.29) is 5.69 Å². The molecule has 1 saturated heterocycles. The van der Waals surface area contributed by atoms with Gasteiger partial charge in [0, 0.05) is 48.2 Å². The number of aromatic carboxylic acids is 1. The number of aromatic nitrogens is 3. The van der Waals surface area contributed by atoms with E-state index in [4.69, 9.17) is 21.4 Å². The molecule has 2 aromatic heterocycles. The molecule has 7 nitrogen and oxygen atoms in total. The number of carboxylic acids is 1.